The van der Waals surface area contributed by atoms with Gasteiger partial charge in [0.15, 0.2) is 6.10 Å². The van der Waals surface area contributed by atoms with Crippen molar-refractivity contribution in [1.29, 1.82) is 0 Å². The Morgan fingerprint density at radius 2 is 1.76 bits per heavy atom. The van der Waals surface area contributed by atoms with Crippen LogP contribution < -0.4 is 4.74 Å². The molecule has 2 aromatic carbocycles. The van der Waals surface area contributed by atoms with Gasteiger partial charge in [-0.2, -0.15) is 0 Å². The zero-order valence-corrected chi connectivity index (χ0v) is 22.3. The highest BCUT2D eigenvalue weighted by Gasteiger charge is 2.45. The van der Waals surface area contributed by atoms with Crippen molar-refractivity contribution < 1.29 is 42.5 Å². The lowest BCUT2D eigenvalue weighted by atomic mass is 9.90. The van der Waals surface area contributed by atoms with Crippen molar-refractivity contribution in [2.75, 3.05) is 13.7 Å². The van der Waals surface area contributed by atoms with E-state index in [9.17, 15) is 14.4 Å². The zero-order chi connectivity index (χ0) is 27.4. The molecule has 4 atom stereocenters. The van der Waals surface area contributed by atoms with Crippen LogP contribution in [0.15, 0.2) is 42.5 Å². The van der Waals surface area contributed by atoms with Crippen molar-refractivity contribution in [1.82, 2.24) is 0 Å². The number of fused-ring (bicyclic) bond motifs is 1. The Bertz CT molecular complexity index is 1300. The summed E-state index contributed by atoms with van der Waals surface area (Å²) in [6.45, 7) is 3.66. The van der Waals surface area contributed by atoms with E-state index in [1.165, 1.54) is 33.9 Å². The normalized spacial score (nSPS) is 21.1. The van der Waals surface area contributed by atoms with Gasteiger partial charge in [-0.3, -0.25) is 14.4 Å². The van der Waals surface area contributed by atoms with Crippen molar-refractivity contribution in [3.8, 4) is 5.75 Å². The molecule has 202 valence electrons. The molecule has 1 aliphatic heterocycles. The summed E-state index contributed by atoms with van der Waals surface area (Å²) in [7, 11) is 1.40. The molecular formula is C28H29FO8S. The largest absolute Gasteiger partial charge is 0.496 e. The molecule has 0 aliphatic carbocycles. The van der Waals surface area contributed by atoms with Crippen molar-refractivity contribution in [3.05, 3.63) is 64.3 Å². The summed E-state index contributed by atoms with van der Waals surface area (Å²) >= 11 is 1.57. The maximum Gasteiger partial charge on any atom is 0.303 e. The number of hydrogen-bond donors (Lipinski definition) is 0. The summed E-state index contributed by atoms with van der Waals surface area (Å²) in [5.74, 6) is -1.96. The molecule has 1 saturated heterocycles. The molecule has 0 bridgehead atoms. The van der Waals surface area contributed by atoms with E-state index >= 15 is 4.39 Å². The third kappa shape index (κ3) is 6.49. The first-order valence-corrected chi connectivity index (χ1v) is 12.9. The predicted octanol–water partition coefficient (Wildman–Crippen LogP) is 4.90. The fourth-order valence-electron chi connectivity index (χ4n) is 4.62. The highest BCUT2D eigenvalue weighted by atomic mass is 32.1. The average Bonchev–Trinajstić information content (AvgIpc) is 3.27. The molecule has 0 radical (unpaired) electrons. The Morgan fingerprint density at radius 3 is 2.42 bits per heavy atom. The van der Waals surface area contributed by atoms with Crippen LogP contribution in [0.5, 0.6) is 5.75 Å². The summed E-state index contributed by atoms with van der Waals surface area (Å²) in [6, 6.07) is 12.8. The number of halogens is 1. The van der Waals surface area contributed by atoms with Gasteiger partial charge in [0.25, 0.3) is 0 Å². The van der Waals surface area contributed by atoms with Crippen LogP contribution in [0.3, 0.4) is 0 Å². The Hall–Kier alpha value is -3.50. The maximum absolute atomic E-state index is 15.2. The molecule has 0 spiro atoms. The smallest absolute Gasteiger partial charge is 0.303 e. The standard InChI is InChI=1S/C28H29FO8S/c1-15(30)34-14-20-12-25(35-16(2)31)28(36-17(3)32)27(37-20)22-11-19(23(29)13-24(22)33-4)10-21-9-18-7-5-6-8-26(18)38-21/h5-9,11,13,20,25,27-28H,10,12,14H2,1-4H3/t20-,25-,27-,28+/m0/s1. The Kier molecular flexibility index (Phi) is 8.63. The van der Waals surface area contributed by atoms with E-state index in [-0.39, 0.29) is 18.8 Å². The second kappa shape index (κ2) is 11.9. The first-order chi connectivity index (χ1) is 18.1. The lowest BCUT2D eigenvalue weighted by molar-refractivity contribution is -0.214. The SMILES string of the molecule is COc1cc(F)c(Cc2cc3ccccc3s2)cc1[C@@H]1O[C@H](COC(C)=O)C[C@H](OC(C)=O)[C@H]1OC(C)=O. The molecule has 0 N–H and O–H groups in total. The molecule has 2 heterocycles. The number of ether oxygens (including phenoxy) is 5. The van der Waals surface area contributed by atoms with Crippen molar-refractivity contribution >= 4 is 39.3 Å². The molecule has 1 fully saturated rings. The number of benzene rings is 2. The minimum Gasteiger partial charge on any atom is -0.496 e. The van der Waals surface area contributed by atoms with E-state index in [1.54, 1.807) is 17.4 Å². The number of esters is 3. The lowest BCUT2D eigenvalue weighted by Crippen LogP contribution is -2.49. The van der Waals surface area contributed by atoms with E-state index in [0.29, 0.717) is 17.5 Å². The summed E-state index contributed by atoms with van der Waals surface area (Å²) in [5.41, 5.74) is 0.810. The number of carbonyl (C=O) groups excluding carboxylic acids is 3. The monoisotopic (exact) mass is 544 g/mol. The zero-order valence-electron chi connectivity index (χ0n) is 21.5. The first kappa shape index (κ1) is 27.5. The van der Waals surface area contributed by atoms with Gasteiger partial charge in [0.1, 0.15) is 30.4 Å². The molecule has 10 heteroatoms. The highest BCUT2D eigenvalue weighted by molar-refractivity contribution is 7.19. The van der Waals surface area contributed by atoms with Crippen LogP contribution in [0.2, 0.25) is 0 Å². The second-order valence-corrected chi connectivity index (χ2v) is 10.2. The fraction of sp³-hybridized carbons (Fsp3) is 0.393. The van der Waals surface area contributed by atoms with E-state index < -0.39 is 48.1 Å². The Labute approximate surface area is 223 Å². The second-order valence-electron chi connectivity index (χ2n) is 9.05. The third-order valence-corrected chi connectivity index (χ3v) is 7.25. The molecule has 1 aliphatic rings. The number of methoxy groups -OCH3 is 1. The van der Waals surface area contributed by atoms with Crippen LogP contribution >= 0.6 is 11.3 Å². The summed E-state index contributed by atoms with van der Waals surface area (Å²) in [6.07, 6.45) is -3.16. The highest BCUT2D eigenvalue weighted by Crippen LogP contribution is 2.41. The van der Waals surface area contributed by atoms with Crippen LogP contribution in [0.4, 0.5) is 4.39 Å². The van der Waals surface area contributed by atoms with Crippen LogP contribution in [-0.2, 0) is 39.8 Å². The van der Waals surface area contributed by atoms with E-state index in [1.807, 2.05) is 30.3 Å². The van der Waals surface area contributed by atoms with Crippen molar-refractivity contribution in [2.24, 2.45) is 0 Å². The molecule has 3 aromatic rings. The molecule has 0 saturated carbocycles. The Balaban J connectivity index is 1.75. The minimum absolute atomic E-state index is 0.103. The molecule has 0 amide bonds. The van der Waals surface area contributed by atoms with Gasteiger partial charge in [-0.05, 0) is 29.1 Å². The third-order valence-electron chi connectivity index (χ3n) is 6.14. The van der Waals surface area contributed by atoms with Gasteiger partial charge in [0.2, 0.25) is 0 Å². The van der Waals surface area contributed by atoms with Crippen LogP contribution in [0.1, 0.15) is 49.3 Å². The van der Waals surface area contributed by atoms with Gasteiger partial charge in [-0.15, -0.1) is 11.3 Å². The van der Waals surface area contributed by atoms with Gasteiger partial charge >= 0.3 is 17.9 Å². The number of carbonyl (C=O) groups is 3. The number of thiophene rings is 1. The Morgan fingerprint density at radius 1 is 1.03 bits per heavy atom. The maximum atomic E-state index is 15.2. The predicted molar refractivity (Wildman–Crippen MR) is 138 cm³/mol. The summed E-state index contributed by atoms with van der Waals surface area (Å²) in [4.78, 5) is 36.3. The lowest BCUT2D eigenvalue weighted by Gasteiger charge is -2.41. The summed E-state index contributed by atoms with van der Waals surface area (Å²) < 4.78 is 44.3. The van der Waals surface area contributed by atoms with E-state index in [2.05, 4.69) is 0 Å². The molecule has 4 rings (SSSR count). The molecule has 38 heavy (non-hydrogen) atoms. The van der Waals surface area contributed by atoms with Crippen molar-refractivity contribution in [2.45, 2.75) is 58.0 Å². The molecular weight excluding hydrogens is 515 g/mol. The summed E-state index contributed by atoms with van der Waals surface area (Å²) in [5, 5.41) is 1.07. The van der Waals surface area contributed by atoms with Crippen molar-refractivity contribution in [3.63, 3.8) is 0 Å². The average molecular weight is 545 g/mol. The van der Waals surface area contributed by atoms with Gasteiger partial charge < -0.3 is 23.7 Å². The quantitative estimate of drug-likeness (QED) is 0.292. The van der Waals surface area contributed by atoms with E-state index in [4.69, 9.17) is 23.7 Å². The van der Waals surface area contributed by atoms with Gasteiger partial charge in [-0.1, -0.05) is 18.2 Å². The molecule has 1 aromatic heterocycles. The minimum atomic E-state index is -1.04. The fourth-order valence-corrected chi connectivity index (χ4v) is 5.71. The molecule has 0 unspecified atom stereocenters. The van der Waals surface area contributed by atoms with Crippen LogP contribution in [0, 0.1) is 5.82 Å². The number of rotatable bonds is 8. The molecule has 8 nitrogen and oxygen atoms in total. The van der Waals surface area contributed by atoms with Gasteiger partial charge in [0.05, 0.1) is 13.2 Å². The topological polar surface area (TPSA) is 97.4 Å². The van der Waals surface area contributed by atoms with Crippen LogP contribution in [0.25, 0.3) is 10.1 Å². The van der Waals surface area contributed by atoms with E-state index in [0.717, 1.165) is 15.0 Å². The van der Waals surface area contributed by atoms with Crippen LogP contribution in [-0.4, -0.2) is 49.9 Å². The first-order valence-electron chi connectivity index (χ1n) is 12.1. The van der Waals surface area contributed by atoms with Gasteiger partial charge in [0, 0.05) is 54.8 Å². The number of hydrogen-bond acceptors (Lipinski definition) is 9. The van der Waals surface area contributed by atoms with Gasteiger partial charge in [-0.25, -0.2) is 4.39 Å².